The normalized spacial score (nSPS) is 4.60. The lowest BCUT2D eigenvalue weighted by Gasteiger charge is -1.63. The highest BCUT2D eigenvalue weighted by Crippen LogP contribution is 1.65. The first-order valence-electron chi connectivity index (χ1n) is 3.82. The molecule has 0 aromatic rings. The molecule has 3 heteroatoms. The Balaban J connectivity index is 4.07. The molecule has 0 N–H and O–H groups in total. The zero-order valence-corrected chi connectivity index (χ0v) is 8.05. The molecule has 0 aliphatic rings. The van der Waals surface area contributed by atoms with Crippen molar-refractivity contribution in [3.63, 3.8) is 0 Å². The highest BCUT2D eigenvalue weighted by atomic mass is 15.1. The fourth-order valence-corrected chi connectivity index (χ4v) is 0.401. The highest BCUT2D eigenvalue weighted by Gasteiger charge is 1.63. The maximum absolute atomic E-state index is 7.92. The van der Waals surface area contributed by atoms with Crippen molar-refractivity contribution in [3.05, 3.63) is 10.4 Å². The summed E-state index contributed by atoms with van der Waals surface area (Å²) in [6.07, 6.45) is 0. The molecule has 0 atom stereocenters. The van der Waals surface area contributed by atoms with Crippen LogP contribution in [-0.2, 0) is 0 Å². The Bertz CT molecular complexity index is 551. The van der Waals surface area contributed by atoms with Gasteiger partial charge in [0.15, 0.2) is 0 Å². The molecule has 0 unspecified atom stereocenters. The molecule has 0 aliphatic carbocycles. The summed E-state index contributed by atoms with van der Waals surface area (Å²) in [6, 6.07) is 0. The van der Waals surface area contributed by atoms with Crippen molar-refractivity contribution in [2.75, 3.05) is 6.54 Å². The lowest BCUT2D eigenvalue weighted by Crippen LogP contribution is -1.65. The first kappa shape index (κ1) is 12.1. The van der Waals surface area contributed by atoms with Crippen molar-refractivity contribution in [3.8, 4) is 59.2 Å². The first-order valence-corrected chi connectivity index (χ1v) is 3.82. The van der Waals surface area contributed by atoms with Gasteiger partial charge in [-0.05, 0) is 59.8 Å². The van der Waals surface area contributed by atoms with Crippen LogP contribution in [0, 0.1) is 59.2 Å². The van der Waals surface area contributed by atoms with Crippen LogP contribution in [0.1, 0.15) is 6.92 Å². The SMILES string of the molecule is CC#CC#CC#CC#CC#CCN=[N+]=[N-]. The van der Waals surface area contributed by atoms with Crippen molar-refractivity contribution >= 4 is 0 Å². The van der Waals surface area contributed by atoms with E-state index in [-0.39, 0.29) is 6.54 Å². The van der Waals surface area contributed by atoms with Crippen LogP contribution in [0.25, 0.3) is 10.4 Å². The zero-order valence-electron chi connectivity index (χ0n) is 8.05. The molecule has 0 saturated carbocycles. The van der Waals surface area contributed by atoms with Crippen LogP contribution in [-0.4, -0.2) is 6.54 Å². The van der Waals surface area contributed by atoms with Gasteiger partial charge >= 0.3 is 0 Å². The van der Waals surface area contributed by atoms with Gasteiger partial charge in [0, 0.05) is 4.91 Å². The van der Waals surface area contributed by atoms with E-state index < -0.39 is 0 Å². The standard InChI is InChI=1S/C12H5N3/c1-2-3-4-5-6-7-8-9-10-11-12-14-15-13/h12H2,1H3. The Morgan fingerprint density at radius 3 is 2.00 bits per heavy atom. The van der Waals surface area contributed by atoms with Gasteiger partial charge in [-0.3, -0.25) is 0 Å². The summed E-state index contributed by atoms with van der Waals surface area (Å²) in [5, 5.41) is 3.21. The van der Waals surface area contributed by atoms with Gasteiger partial charge in [-0.25, -0.2) is 0 Å². The van der Waals surface area contributed by atoms with E-state index >= 15 is 0 Å². The van der Waals surface area contributed by atoms with Gasteiger partial charge in [0.05, 0.1) is 6.54 Å². The number of hydrogen-bond donors (Lipinski definition) is 0. The van der Waals surface area contributed by atoms with E-state index in [1.54, 1.807) is 6.92 Å². The molecular weight excluding hydrogens is 186 g/mol. The van der Waals surface area contributed by atoms with Crippen LogP contribution in [0.5, 0.6) is 0 Å². The summed E-state index contributed by atoms with van der Waals surface area (Å²) in [7, 11) is 0. The zero-order chi connectivity index (χ0) is 11.2. The molecule has 15 heavy (non-hydrogen) atoms. The maximum atomic E-state index is 7.92. The van der Waals surface area contributed by atoms with Crippen LogP contribution in [0.3, 0.4) is 0 Å². The fourth-order valence-electron chi connectivity index (χ4n) is 0.401. The summed E-state index contributed by atoms with van der Waals surface area (Å²) >= 11 is 0. The number of azide groups is 1. The third-order valence-corrected chi connectivity index (χ3v) is 0.864. The lowest BCUT2D eigenvalue weighted by molar-refractivity contribution is 1.25. The fraction of sp³-hybridized carbons (Fsp3) is 0.167. The molecule has 0 aromatic carbocycles. The average Bonchev–Trinajstić information content (AvgIpc) is 2.26. The average molecular weight is 191 g/mol. The van der Waals surface area contributed by atoms with Gasteiger partial charge in [-0.2, -0.15) is 0 Å². The predicted molar refractivity (Wildman–Crippen MR) is 58.6 cm³/mol. The molecule has 0 spiro atoms. The minimum Gasteiger partial charge on any atom is -0.0925 e. The second-order valence-corrected chi connectivity index (χ2v) is 1.82. The molecule has 0 rings (SSSR count). The van der Waals surface area contributed by atoms with Crippen LogP contribution in [0.2, 0.25) is 0 Å². The smallest absolute Gasteiger partial charge is 0.0887 e. The van der Waals surface area contributed by atoms with Gasteiger partial charge in [-0.1, -0.05) is 17.0 Å². The molecule has 68 valence electrons. The van der Waals surface area contributed by atoms with E-state index in [0.717, 1.165) is 0 Å². The molecule has 0 radical (unpaired) electrons. The highest BCUT2D eigenvalue weighted by molar-refractivity contribution is 5.42. The molecule has 0 amide bonds. The Labute approximate surface area is 88.9 Å². The summed E-state index contributed by atoms with van der Waals surface area (Å²) < 4.78 is 0. The van der Waals surface area contributed by atoms with Crippen molar-refractivity contribution in [1.29, 1.82) is 0 Å². The number of hydrogen-bond acceptors (Lipinski definition) is 1. The van der Waals surface area contributed by atoms with E-state index in [1.807, 2.05) is 0 Å². The number of rotatable bonds is 1. The molecule has 0 heterocycles. The van der Waals surface area contributed by atoms with E-state index in [4.69, 9.17) is 5.53 Å². The van der Waals surface area contributed by atoms with Crippen molar-refractivity contribution < 1.29 is 0 Å². The van der Waals surface area contributed by atoms with Crippen LogP contribution in [0.4, 0.5) is 0 Å². The summed E-state index contributed by atoms with van der Waals surface area (Å²) in [5.74, 6) is 25.0. The first-order chi connectivity index (χ1) is 7.41. The summed E-state index contributed by atoms with van der Waals surface area (Å²) in [4.78, 5) is 2.53. The van der Waals surface area contributed by atoms with Gasteiger partial charge in [-0.15, -0.1) is 0 Å². The third kappa shape index (κ3) is 11.1. The van der Waals surface area contributed by atoms with Crippen LogP contribution in [0.15, 0.2) is 5.11 Å². The van der Waals surface area contributed by atoms with Gasteiger partial charge in [0.2, 0.25) is 0 Å². The quantitative estimate of drug-likeness (QED) is 0.260. The monoisotopic (exact) mass is 191 g/mol. The molecule has 0 fully saturated rings. The topological polar surface area (TPSA) is 48.8 Å². The Hall–Kier alpha value is -2.89. The summed E-state index contributed by atoms with van der Waals surface area (Å²) in [5.41, 5.74) is 7.92. The van der Waals surface area contributed by atoms with Crippen molar-refractivity contribution in [1.82, 2.24) is 0 Å². The number of nitrogens with zero attached hydrogens (tertiary/aromatic N) is 3. The Kier molecular flexibility index (Phi) is 8.97. The van der Waals surface area contributed by atoms with E-state index in [1.165, 1.54) is 0 Å². The molecule has 0 bridgehead atoms. The minimum absolute atomic E-state index is 0.116. The Morgan fingerprint density at radius 2 is 1.47 bits per heavy atom. The predicted octanol–water partition coefficient (Wildman–Crippen LogP) is 1.33. The van der Waals surface area contributed by atoms with Crippen LogP contribution >= 0.6 is 0 Å². The van der Waals surface area contributed by atoms with Gasteiger partial charge < -0.3 is 0 Å². The molecule has 3 nitrogen and oxygen atoms in total. The van der Waals surface area contributed by atoms with Gasteiger partial charge in [0.1, 0.15) is 0 Å². The van der Waals surface area contributed by atoms with Crippen LogP contribution < -0.4 is 0 Å². The van der Waals surface area contributed by atoms with Crippen molar-refractivity contribution in [2.24, 2.45) is 5.11 Å². The third-order valence-electron chi connectivity index (χ3n) is 0.864. The minimum atomic E-state index is 0.116. The molecule has 0 saturated heterocycles. The van der Waals surface area contributed by atoms with Crippen molar-refractivity contribution in [2.45, 2.75) is 6.92 Å². The molecule has 0 aliphatic heterocycles. The van der Waals surface area contributed by atoms with E-state index in [2.05, 4.69) is 69.2 Å². The largest absolute Gasteiger partial charge is 0.0925 e. The second-order valence-electron chi connectivity index (χ2n) is 1.82. The van der Waals surface area contributed by atoms with E-state index in [0.29, 0.717) is 0 Å². The molecule has 0 aromatic heterocycles. The van der Waals surface area contributed by atoms with E-state index in [9.17, 15) is 0 Å². The van der Waals surface area contributed by atoms with Gasteiger partial charge in [0.25, 0.3) is 0 Å². The maximum Gasteiger partial charge on any atom is 0.0887 e. The molecular formula is C12H5N3. The lowest BCUT2D eigenvalue weighted by atomic mass is 10.5. The second kappa shape index (κ2) is 11.1. The summed E-state index contributed by atoms with van der Waals surface area (Å²) in [6.45, 7) is 1.81. The Morgan fingerprint density at radius 1 is 0.933 bits per heavy atom.